The zero-order valence-corrected chi connectivity index (χ0v) is 11.0. The van der Waals surface area contributed by atoms with E-state index in [0.29, 0.717) is 12.5 Å². The van der Waals surface area contributed by atoms with Crippen molar-refractivity contribution in [2.75, 3.05) is 6.54 Å². The van der Waals surface area contributed by atoms with Gasteiger partial charge in [-0.05, 0) is 33.6 Å². The summed E-state index contributed by atoms with van der Waals surface area (Å²) in [5, 5.41) is 2.77. The third-order valence-electron chi connectivity index (χ3n) is 2.98. The minimum atomic E-state index is -0.790. The van der Waals surface area contributed by atoms with E-state index in [1.165, 1.54) is 0 Å². The number of carbonyl (C=O) groups is 2. The average molecular weight is 226 g/mol. The lowest BCUT2D eigenvalue weighted by Gasteiger charge is -2.48. The Kier molecular flexibility index (Phi) is 3.05. The van der Waals surface area contributed by atoms with Gasteiger partial charge in [-0.3, -0.25) is 9.59 Å². The molecule has 1 heterocycles. The Hall–Kier alpha value is -1.06. The highest BCUT2D eigenvalue weighted by Gasteiger charge is 2.49. The van der Waals surface area contributed by atoms with Crippen LogP contribution in [0.2, 0.25) is 0 Å². The summed E-state index contributed by atoms with van der Waals surface area (Å²) in [4.78, 5) is 25.9. The lowest BCUT2D eigenvalue weighted by atomic mass is 9.89. The maximum atomic E-state index is 12.3. The molecule has 1 aliphatic rings. The molecule has 0 aromatic rings. The number of amides is 2. The van der Waals surface area contributed by atoms with Gasteiger partial charge in [-0.15, -0.1) is 0 Å². The maximum Gasteiger partial charge on any atom is 0.248 e. The molecule has 0 aromatic heterocycles. The van der Waals surface area contributed by atoms with E-state index in [4.69, 9.17) is 0 Å². The maximum absolute atomic E-state index is 12.3. The molecule has 1 aliphatic heterocycles. The Bertz CT molecular complexity index is 319. The molecule has 0 radical (unpaired) electrons. The van der Waals surface area contributed by atoms with Gasteiger partial charge >= 0.3 is 0 Å². The largest absolute Gasteiger partial charge is 0.340 e. The van der Waals surface area contributed by atoms with Crippen LogP contribution in [0.1, 0.15) is 41.5 Å². The van der Waals surface area contributed by atoms with Gasteiger partial charge < -0.3 is 10.2 Å². The van der Waals surface area contributed by atoms with Crippen molar-refractivity contribution < 1.29 is 9.59 Å². The van der Waals surface area contributed by atoms with Crippen LogP contribution in [0.5, 0.6) is 0 Å². The van der Waals surface area contributed by atoms with Crippen LogP contribution in [0.15, 0.2) is 0 Å². The fraction of sp³-hybridized carbons (Fsp3) is 0.833. The van der Waals surface area contributed by atoms with Crippen LogP contribution in [0.3, 0.4) is 0 Å². The minimum absolute atomic E-state index is 0.00852. The molecule has 0 unspecified atom stereocenters. The molecule has 1 fully saturated rings. The van der Waals surface area contributed by atoms with Crippen LogP contribution in [-0.2, 0) is 9.59 Å². The number of piperazine rings is 1. The topological polar surface area (TPSA) is 49.4 Å². The van der Waals surface area contributed by atoms with Gasteiger partial charge in [0, 0.05) is 6.54 Å². The lowest BCUT2D eigenvalue weighted by Crippen LogP contribution is -2.72. The molecule has 0 bridgehead atoms. The fourth-order valence-corrected chi connectivity index (χ4v) is 1.88. The SMILES string of the molecule is CC(C)CN1C(=O)C(C)(C)NC(=O)C1(C)C. The van der Waals surface area contributed by atoms with Gasteiger partial charge in [-0.25, -0.2) is 0 Å². The second-order valence-electron chi connectivity index (χ2n) is 5.95. The van der Waals surface area contributed by atoms with Crippen molar-refractivity contribution in [2.45, 2.75) is 52.6 Å². The van der Waals surface area contributed by atoms with Crippen molar-refractivity contribution in [3.8, 4) is 0 Å². The second kappa shape index (κ2) is 3.75. The number of nitrogens with one attached hydrogen (secondary N) is 1. The number of rotatable bonds is 2. The van der Waals surface area contributed by atoms with Crippen molar-refractivity contribution >= 4 is 11.8 Å². The first-order valence-corrected chi connectivity index (χ1v) is 5.73. The quantitative estimate of drug-likeness (QED) is 0.768. The zero-order valence-electron chi connectivity index (χ0n) is 11.0. The molecule has 4 heteroatoms. The van der Waals surface area contributed by atoms with Gasteiger partial charge in [0.2, 0.25) is 11.8 Å². The Morgan fingerprint density at radius 1 is 1.19 bits per heavy atom. The standard InChI is InChI=1S/C12H22N2O2/c1-8(2)7-14-10(16)11(3,4)13-9(15)12(14,5)6/h8H,7H2,1-6H3,(H,13,15). The van der Waals surface area contributed by atoms with Crippen molar-refractivity contribution in [2.24, 2.45) is 5.92 Å². The highest BCUT2D eigenvalue weighted by molar-refractivity contribution is 6.01. The van der Waals surface area contributed by atoms with Gasteiger partial charge in [0.1, 0.15) is 11.1 Å². The summed E-state index contributed by atoms with van der Waals surface area (Å²) in [6.07, 6.45) is 0. The molecule has 2 amide bonds. The number of hydrogen-bond donors (Lipinski definition) is 1. The van der Waals surface area contributed by atoms with E-state index in [1.807, 2.05) is 13.8 Å². The Morgan fingerprint density at radius 3 is 2.12 bits per heavy atom. The average Bonchev–Trinajstić information content (AvgIpc) is 2.09. The van der Waals surface area contributed by atoms with Gasteiger partial charge in [0.25, 0.3) is 0 Å². The molecule has 0 atom stereocenters. The van der Waals surface area contributed by atoms with Crippen molar-refractivity contribution in [1.29, 1.82) is 0 Å². The fourth-order valence-electron chi connectivity index (χ4n) is 1.88. The highest BCUT2D eigenvalue weighted by Crippen LogP contribution is 2.26. The Balaban J connectivity index is 3.07. The first kappa shape index (κ1) is 13.0. The Labute approximate surface area is 97.4 Å². The third-order valence-corrected chi connectivity index (χ3v) is 2.98. The van der Waals surface area contributed by atoms with Crippen LogP contribution in [-0.4, -0.2) is 34.3 Å². The van der Waals surface area contributed by atoms with E-state index in [9.17, 15) is 9.59 Å². The lowest BCUT2D eigenvalue weighted by molar-refractivity contribution is -0.160. The molecule has 4 nitrogen and oxygen atoms in total. The van der Waals surface area contributed by atoms with Gasteiger partial charge in [0.15, 0.2) is 0 Å². The Morgan fingerprint density at radius 2 is 1.69 bits per heavy atom. The molecule has 0 aliphatic carbocycles. The first-order valence-electron chi connectivity index (χ1n) is 5.73. The number of hydrogen-bond acceptors (Lipinski definition) is 2. The normalized spacial score (nSPS) is 23.6. The molecule has 1 rings (SSSR count). The van der Waals surface area contributed by atoms with Crippen LogP contribution >= 0.6 is 0 Å². The van der Waals surface area contributed by atoms with Crippen LogP contribution in [0.25, 0.3) is 0 Å². The van der Waals surface area contributed by atoms with E-state index >= 15 is 0 Å². The zero-order chi connectivity index (χ0) is 12.7. The van der Waals surface area contributed by atoms with E-state index in [0.717, 1.165) is 0 Å². The molecule has 0 aromatic carbocycles. The monoisotopic (exact) mass is 226 g/mol. The highest BCUT2D eigenvalue weighted by atomic mass is 16.2. The molecule has 0 saturated carbocycles. The van der Waals surface area contributed by atoms with E-state index in [1.54, 1.807) is 32.6 Å². The summed E-state index contributed by atoms with van der Waals surface area (Å²) in [7, 11) is 0. The second-order valence-corrected chi connectivity index (χ2v) is 5.95. The van der Waals surface area contributed by atoms with E-state index < -0.39 is 11.1 Å². The predicted molar refractivity (Wildman–Crippen MR) is 62.9 cm³/mol. The molecular weight excluding hydrogens is 204 g/mol. The molecular formula is C12H22N2O2. The van der Waals surface area contributed by atoms with Gasteiger partial charge in [-0.2, -0.15) is 0 Å². The minimum Gasteiger partial charge on any atom is -0.340 e. The van der Waals surface area contributed by atoms with Gasteiger partial charge in [0.05, 0.1) is 0 Å². The van der Waals surface area contributed by atoms with Crippen LogP contribution in [0, 0.1) is 5.92 Å². The summed E-state index contributed by atoms with van der Waals surface area (Å²) >= 11 is 0. The first-order chi connectivity index (χ1) is 7.09. The summed E-state index contributed by atoms with van der Waals surface area (Å²) in [6, 6.07) is 0. The molecule has 16 heavy (non-hydrogen) atoms. The van der Waals surface area contributed by atoms with E-state index in [-0.39, 0.29) is 11.8 Å². The predicted octanol–water partition coefficient (Wildman–Crippen LogP) is 1.16. The number of carbonyl (C=O) groups excluding carboxylic acids is 2. The van der Waals surface area contributed by atoms with Crippen LogP contribution < -0.4 is 5.32 Å². The summed E-state index contributed by atoms with van der Waals surface area (Å²) < 4.78 is 0. The van der Waals surface area contributed by atoms with E-state index in [2.05, 4.69) is 5.32 Å². The summed E-state index contributed by atoms with van der Waals surface area (Å²) in [6.45, 7) is 11.8. The summed E-state index contributed by atoms with van der Waals surface area (Å²) in [5.74, 6) is 0.258. The number of nitrogens with zero attached hydrogens (tertiary/aromatic N) is 1. The molecule has 92 valence electrons. The van der Waals surface area contributed by atoms with Crippen LogP contribution in [0.4, 0.5) is 0 Å². The smallest absolute Gasteiger partial charge is 0.248 e. The van der Waals surface area contributed by atoms with Crippen molar-refractivity contribution in [3.05, 3.63) is 0 Å². The van der Waals surface area contributed by atoms with Crippen molar-refractivity contribution in [3.63, 3.8) is 0 Å². The molecule has 0 spiro atoms. The third kappa shape index (κ3) is 2.06. The summed E-state index contributed by atoms with van der Waals surface area (Å²) in [5.41, 5.74) is -1.54. The van der Waals surface area contributed by atoms with Gasteiger partial charge in [-0.1, -0.05) is 13.8 Å². The van der Waals surface area contributed by atoms with Crippen molar-refractivity contribution in [1.82, 2.24) is 10.2 Å². The molecule has 1 N–H and O–H groups in total. The molecule has 1 saturated heterocycles.